The number of rotatable bonds is 2. The largest absolute Gasteiger partial charge is 0.481 e. The number of hydrogen-bond acceptors (Lipinski definition) is 2. The van der Waals surface area contributed by atoms with Gasteiger partial charge in [0.2, 0.25) is 5.91 Å². The van der Waals surface area contributed by atoms with E-state index >= 15 is 0 Å². The molecule has 4 nitrogen and oxygen atoms in total. The minimum absolute atomic E-state index is 0.209. The number of hydrogen-bond donors (Lipinski definition) is 1. The molecule has 0 aromatic rings. The van der Waals surface area contributed by atoms with E-state index in [1.54, 1.807) is 4.90 Å². The Morgan fingerprint density at radius 1 is 1.33 bits per heavy atom. The van der Waals surface area contributed by atoms with E-state index < -0.39 is 11.9 Å². The lowest BCUT2D eigenvalue weighted by atomic mass is 9.71. The maximum Gasteiger partial charge on any atom is 0.315 e. The first-order chi connectivity index (χ1) is 8.54. The maximum atomic E-state index is 12.1. The molecule has 2 atom stereocenters. The van der Waals surface area contributed by atoms with Crippen molar-refractivity contribution in [3.8, 4) is 0 Å². The summed E-state index contributed by atoms with van der Waals surface area (Å²) >= 11 is 0. The fourth-order valence-corrected chi connectivity index (χ4v) is 3.09. The summed E-state index contributed by atoms with van der Waals surface area (Å²) in [5, 5.41) is 8.93. The molecule has 2 rings (SSSR count). The molecule has 1 N–H and O–H groups in total. The number of allylic oxidation sites excluding steroid dienone is 2. The fraction of sp³-hybridized carbons (Fsp3) is 0.714. The van der Waals surface area contributed by atoms with Gasteiger partial charge in [-0.15, -0.1) is 0 Å². The van der Waals surface area contributed by atoms with Crippen molar-refractivity contribution in [2.75, 3.05) is 13.1 Å². The van der Waals surface area contributed by atoms with Crippen LogP contribution < -0.4 is 0 Å². The van der Waals surface area contributed by atoms with E-state index in [0.717, 1.165) is 38.6 Å². The van der Waals surface area contributed by atoms with Crippen LogP contribution in [0.25, 0.3) is 0 Å². The molecule has 100 valence electrons. The molecule has 1 saturated heterocycles. The molecule has 4 heteroatoms. The Morgan fingerprint density at radius 2 is 2.11 bits per heavy atom. The molecule has 0 aromatic carbocycles. The number of amides is 1. The number of aliphatic carboxylic acids is 1. The highest BCUT2D eigenvalue weighted by atomic mass is 16.4. The zero-order valence-electron chi connectivity index (χ0n) is 10.9. The van der Waals surface area contributed by atoms with Crippen LogP contribution in [0.15, 0.2) is 12.2 Å². The lowest BCUT2D eigenvalue weighted by Gasteiger charge is -2.44. The summed E-state index contributed by atoms with van der Waals surface area (Å²) in [7, 11) is 0. The summed E-state index contributed by atoms with van der Waals surface area (Å²) in [5.74, 6) is -2.17. The van der Waals surface area contributed by atoms with E-state index in [-0.39, 0.29) is 11.3 Å². The van der Waals surface area contributed by atoms with Crippen molar-refractivity contribution in [1.29, 1.82) is 0 Å². The van der Waals surface area contributed by atoms with Gasteiger partial charge < -0.3 is 10.0 Å². The quantitative estimate of drug-likeness (QED) is 0.603. The zero-order chi connectivity index (χ0) is 13.2. The fourth-order valence-electron chi connectivity index (χ4n) is 3.09. The van der Waals surface area contributed by atoms with Crippen molar-refractivity contribution >= 4 is 11.9 Å². The first-order valence-corrected chi connectivity index (χ1v) is 6.71. The second kappa shape index (κ2) is 5.12. The summed E-state index contributed by atoms with van der Waals surface area (Å²) in [4.78, 5) is 24.8. The predicted molar refractivity (Wildman–Crippen MR) is 68.0 cm³/mol. The Balaban J connectivity index is 2.04. The molecule has 1 spiro atoms. The Hall–Kier alpha value is -1.32. The molecular formula is C14H21NO3. The minimum Gasteiger partial charge on any atom is -0.481 e. The molecule has 1 heterocycles. The van der Waals surface area contributed by atoms with Crippen molar-refractivity contribution in [2.24, 2.45) is 11.3 Å². The Kier molecular flexibility index (Phi) is 3.73. The van der Waals surface area contributed by atoms with Gasteiger partial charge in [-0.3, -0.25) is 9.59 Å². The molecular weight excluding hydrogens is 230 g/mol. The minimum atomic E-state index is -1.02. The number of likely N-dealkylation sites (tertiary alicyclic amines) is 1. The summed E-state index contributed by atoms with van der Waals surface area (Å²) < 4.78 is 0. The highest BCUT2D eigenvalue weighted by Crippen LogP contribution is 2.40. The molecule has 1 aliphatic heterocycles. The topological polar surface area (TPSA) is 57.6 Å². The van der Waals surface area contributed by atoms with Crippen LogP contribution in [0.5, 0.6) is 0 Å². The van der Waals surface area contributed by atoms with E-state index in [9.17, 15) is 9.59 Å². The van der Waals surface area contributed by atoms with Gasteiger partial charge in [0.05, 0.1) is 0 Å². The van der Waals surface area contributed by atoms with Crippen molar-refractivity contribution in [3.63, 3.8) is 0 Å². The number of carbonyl (C=O) groups is 2. The van der Waals surface area contributed by atoms with Crippen LogP contribution in [0.3, 0.4) is 0 Å². The molecule has 0 bridgehead atoms. The first kappa shape index (κ1) is 13.1. The van der Waals surface area contributed by atoms with Crippen LogP contribution in [-0.4, -0.2) is 35.0 Å². The van der Waals surface area contributed by atoms with Gasteiger partial charge in [-0.1, -0.05) is 12.2 Å². The normalized spacial score (nSPS) is 29.3. The second-order valence-corrected chi connectivity index (χ2v) is 5.64. The molecule has 2 unspecified atom stereocenters. The van der Waals surface area contributed by atoms with Crippen molar-refractivity contribution in [2.45, 2.75) is 39.0 Å². The van der Waals surface area contributed by atoms with Gasteiger partial charge in [0, 0.05) is 13.1 Å². The average molecular weight is 251 g/mol. The molecule has 0 radical (unpaired) electrons. The van der Waals surface area contributed by atoms with Crippen LogP contribution in [0.2, 0.25) is 0 Å². The Labute approximate surface area is 108 Å². The first-order valence-electron chi connectivity index (χ1n) is 6.71. The third kappa shape index (κ3) is 2.57. The van der Waals surface area contributed by atoms with Gasteiger partial charge in [-0.25, -0.2) is 0 Å². The van der Waals surface area contributed by atoms with E-state index in [2.05, 4.69) is 12.2 Å². The Morgan fingerprint density at radius 3 is 2.72 bits per heavy atom. The van der Waals surface area contributed by atoms with Crippen LogP contribution in [0.1, 0.15) is 39.0 Å². The van der Waals surface area contributed by atoms with Gasteiger partial charge in [-0.2, -0.15) is 0 Å². The molecule has 0 saturated carbocycles. The smallest absolute Gasteiger partial charge is 0.315 e. The van der Waals surface area contributed by atoms with Gasteiger partial charge in [0.15, 0.2) is 0 Å². The van der Waals surface area contributed by atoms with Gasteiger partial charge in [0.25, 0.3) is 0 Å². The lowest BCUT2D eigenvalue weighted by Crippen LogP contribution is -2.49. The zero-order valence-corrected chi connectivity index (χ0v) is 10.9. The molecule has 2 aliphatic rings. The lowest BCUT2D eigenvalue weighted by molar-refractivity contribution is -0.152. The number of carbonyl (C=O) groups excluding carboxylic acids is 1. The van der Waals surface area contributed by atoms with Crippen molar-refractivity contribution in [1.82, 2.24) is 4.90 Å². The highest BCUT2D eigenvalue weighted by molar-refractivity contribution is 5.96. The number of carboxylic acid groups (broad SMARTS) is 1. The van der Waals surface area contributed by atoms with Crippen molar-refractivity contribution in [3.05, 3.63) is 12.2 Å². The molecule has 1 fully saturated rings. The number of piperidine rings is 1. The molecule has 0 aromatic heterocycles. The number of carboxylic acids is 1. The molecule has 1 amide bonds. The third-order valence-electron chi connectivity index (χ3n) is 4.27. The summed E-state index contributed by atoms with van der Waals surface area (Å²) in [6.45, 7) is 2.92. The highest BCUT2D eigenvalue weighted by Gasteiger charge is 2.38. The monoisotopic (exact) mass is 251 g/mol. The third-order valence-corrected chi connectivity index (χ3v) is 4.27. The van der Waals surface area contributed by atoms with E-state index in [4.69, 9.17) is 5.11 Å². The van der Waals surface area contributed by atoms with Crippen LogP contribution in [-0.2, 0) is 9.59 Å². The van der Waals surface area contributed by atoms with E-state index in [1.807, 2.05) is 0 Å². The van der Waals surface area contributed by atoms with Crippen molar-refractivity contribution < 1.29 is 14.7 Å². The predicted octanol–water partition coefficient (Wildman–Crippen LogP) is 2.06. The van der Waals surface area contributed by atoms with Crippen LogP contribution in [0.4, 0.5) is 0 Å². The van der Waals surface area contributed by atoms with Crippen LogP contribution >= 0.6 is 0 Å². The van der Waals surface area contributed by atoms with Crippen LogP contribution in [0, 0.1) is 11.3 Å². The maximum absolute atomic E-state index is 12.1. The summed E-state index contributed by atoms with van der Waals surface area (Å²) in [5.41, 5.74) is 0.209. The van der Waals surface area contributed by atoms with Gasteiger partial charge in [0.1, 0.15) is 5.92 Å². The SMILES string of the molecule is CC(C(=O)O)C(=O)N1CCCC2(CC=CCC2)C1. The summed E-state index contributed by atoms with van der Waals surface area (Å²) in [6, 6.07) is 0. The second-order valence-electron chi connectivity index (χ2n) is 5.64. The summed E-state index contributed by atoms with van der Waals surface area (Å²) in [6.07, 6.45) is 9.78. The van der Waals surface area contributed by atoms with Gasteiger partial charge in [-0.05, 0) is 44.4 Å². The number of nitrogens with zero attached hydrogens (tertiary/aromatic N) is 1. The standard InChI is InChI=1S/C14H21NO3/c1-11(13(17)18)12(16)15-9-5-8-14(10-15)6-3-2-4-7-14/h2-3,11H,4-10H2,1H3,(H,17,18). The molecule has 1 aliphatic carbocycles. The average Bonchev–Trinajstić information content (AvgIpc) is 2.38. The molecule has 18 heavy (non-hydrogen) atoms. The van der Waals surface area contributed by atoms with E-state index in [0.29, 0.717) is 6.54 Å². The van der Waals surface area contributed by atoms with E-state index in [1.165, 1.54) is 6.92 Å². The Bertz CT molecular complexity index is 377. The van der Waals surface area contributed by atoms with Gasteiger partial charge >= 0.3 is 5.97 Å².